The minimum absolute atomic E-state index is 0.0304. The Kier molecular flexibility index (Phi) is 3.19. The van der Waals surface area contributed by atoms with E-state index in [0.717, 1.165) is 12.1 Å². The fraction of sp³-hybridized carbons (Fsp3) is 0.417. The summed E-state index contributed by atoms with van der Waals surface area (Å²) in [4.78, 5) is 11.2. The molecule has 98 valence electrons. The molecule has 18 heavy (non-hydrogen) atoms. The van der Waals surface area contributed by atoms with Crippen molar-refractivity contribution in [3.05, 3.63) is 29.6 Å². The van der Waals surface area contributed by atoms with Crippen LogP contribution in [0.2, 0.25) is 0 Å². The Balaban J connectivity index is 2.32. The summed E-state index contributed by atoms with van der Waals surface area (Å²) in [5.74, 6) is -2.23. The van der Waals surface area contributed by atoms with Gasteiger partial charge in [-0.2, -0.15) is 8.78 Å². The van der Waals surface area contributed by atoms with E-state index in [1.54, 1.807) is 0 Å². The van der Waals surface area contributed by atoms with Crippen LogP contribution in [-0.4, -0.2) is 17.7 Å². The van der Waals surface area contributed by atoms with Crippen molar-refractivity contribution in [2.45, 2.75) is 31.3 Å². The van der Waals surface area contributed by atoms with E-state index in [1.165, 1.54) is 6.07 Å². The Labute approximate surface area is 101 Å². The maximum absolute atomic E-state index is 13.8. The minimum atomic E-state index is -3.03. The molecule has 1 fully saturated rings. The van der Waals surface area contributed by atoms with E-state index in [-0.39, 0.29) is 11.3 Å². The highest BCUT2D eigenvalue weighted by molar-refractivity contribution is 5.82. The van der Waals surface area contributed by atoms with Crippen LogP contribution in [0.15, 0.2) is 18.2 Å². The molecule has 1 N–H and O–H groups in total. The van der Waals surface area contributed by atoms with Gasteiger partial charge in [-0.25, -0.2) is 4.39 Å². The van der Waals surface area contributed by atoms with Crippen molar-refractivity contribution in [3.63, 3.8) is 0 Å². The van der Waals surface area contributed by atoms with Crippen LogP contribution in [0, 0.1) is 5.82 Å². The van der Waals surface area contributed by atoms with Crippen molar-refractivity contribution in [1.82, 2.24) is 0 Å². The highest BCUT2D eigenvalue weighted by Gasteiger charge is 2.47. The van der Waals surface area contributed by atoms with Crippen molar-refractivity contribution in [2.75, 3.05) is 0 Å². The van der Waals surface area contributed by atoms with Crippen LogP contribution in [0.1, 0.15) is 24.8 Å². The number of ether oxygens (including phenoxy) is 1. The molecule has 0 saturated heterocycles. The lowest BCUT2D eigenvalue weighted by molar-refractivity contribution is -0.147. The number of alkyl halides is 2. The van der Waals surface area contributed by atoms with E-state index < -0.39 is 23.8 Å². The molecular formula is C12H11F3O3. The molecule has 0 spiro atoms. The largest absolute Gasteiger partial charge is 0.481 e. The van der Waals surface area contributed by atoms with Gasteiger partial charge < -0.3 is 9.84 Å². The molecule has 1 aromatic carbocycles. The lowest BCUT2D eigenvalue weighted by atomic mass is 9.64. The summed E-state index contributed by atoms with van der Waals surface area (Å²) in [6.07, 6.45) is 1.42. The van der Waals surface area contributed by atoms with Crippen LogP contribution in [0.4, 0.5) is 13.2 Å². The second-order valence-corrected chi connectivity index (χ2v) is 4.26. The molecule has 0 aromatic heterocycles. The average Bonchev–Trinajstić information content (AvgIpc) is 2.17. The molecule has 0 amide bonds. The number of carboxylic acids is 1. The molecular weight excluding hydrogens is 249 g/mol. The van der Waals surface area contributed by atoms with Gasteiger partial charge in [-0.3, -0.25) is 4.79 Å². The highest BCUT2D eigenvalue weighted by Crippen LogP contribution is 2.45. The van der Waals surface area contributed by atoms with Gasteiger partial charge in [0.1, 0.15) is 11.6 Å². The van der Waals surface area contributed by atoms with E-state index in [4.69, 9.17) is 5.11 Å². The summed E-state index contributed by atoms with van der Waals surface area (Å²) in [5.41, 5.74) is -1.18. The van der Waals surface area contributed by atoms with Gasteiger partial charge in [-0.05, 0) is 18.9 Å². The molecule has 0 atom stereocenters. The van der Waals surface area contributed by atoms with E-state index in [0.29, 0.717) is 19.3 Å². The van der Waals surface area contributed by atoms with Crippen molar-refractivity contribution in [2.24, 2.45) is 0 Å². The lowest BCUT2D eigenvalue weighted by Crippen LogP contribution is -2.43. The van der Waals surface area contributed by atoms with Gasteiger partial charge in [0, 0.05) is 11.6 Å². The van der Waals surface area contributed by atoms with Crippen molar-refractivity contribution in [3.8, 4) is 5.75 Å². The summed E-state index contributed by atoms with van der Waals surface area (Å²) < 4.78 is 41.7. The van der Waals surface area contributed by atoms with Crippen LogP contribution < -0.4 is 4.74 Å². The first kappa shape index (κ1) is 12.7. The molecule has 1 aliphatic carbocycles. The Morgan fingerprint density at radius 3 is 2.44 bits per heavy atom. The summed E-state index contributed by atoms with van der Waals surface area (Å²) >= 11 is 0. The van der Waals surface area contributed by atoms with Gasteiger partial charge in [-0.15, -0.1) is 0 Å². The molecule has 0 unspecified atom stereocenters. The number of carbonyl (C=O) groups is 1. The molecule has 0 heterocycles. The zero-order chi connectivity index (χ0) is 13.3. The lowest BCUT2D eigenvalue weighted by Gasteiger charge is -2.38. The number of halogens is 3. The average molecular weight is 260 g/mol. The van der Waals surface area contributed by atoms with Crippen LogP contribution >= 0.6 is 0 Å². The smallest absolute Gasteiger partial charge is 0.387 e. The first-order valence-electron chi connectivity index (χ1n) is 5.44. The molecule has 6 heteroatoms. The van der Waals surface area contributed by atoms with Crippen LogP contribution in [-0.2, 0) is 10.2 Å². The van der Waals surface area contributed by atoms with E-state index in [1.807, 2.05) is 0 Å². The fourth-order valence-corrected chi connectivity index (χ4v) is 2.19. The first-order chi connectivity index (χ1) is 8.45. The highest BCUT2D eigenvalue weighted by atomic mass is 19.3. The monoisotopic (exact) mass is 260 g/mol. The van der Waals surface area contributed by atoms with Crippen LogP contribution in [0.25, 0.3) is 0 Å². The maximum atomic E-state index is 13.8. The second kappa shape index (κ2) is 4.51. The summed E-state index contributed by atoms with van der Waals surface area (Å²) in [7, 11) is 0. The first-order valence-corrected chi connectivity index (χ1v) is 5.44. The van der Waals surface area contributed by atoms with E-state index in [2.05, 4.69) is 4.74 Å². The van der Waals surface area contributed by atoms with Gasteiger partial charge >= 0.3 is 12.6 Å². The number of aliphatic carboxylic acids is 1. The Morgan fingerprint density at radius 1 is 1.39 bits per heavy atom. The molecule has 2 rings (SSSR count). The quantitative estimate of drug-likeness (QED) is 0.905. The van der Waals surface area contributed by atoms with Crippen LogP contribution in [0.5, 0.6) is 5.75 Å². The molecule has 1 saturated carbocycles. The van der Waals surface area contributed by atoms with Gasteiger partial charge in [0.2, 0.25) is 0 Å². The normalized spacial score (nSPS) is 17.3. The zero-order valence-electron chi connectivity index (χ0n) is 9.33. The third kappa shape index (κ3) is 2.02. The summed E-state index contributed by atoms with van der Waals surface area (Å²) in [6.45, 7) is -3.03. The Hall–Kier alpha value is -1.72. The number of rotatable bonds is 4. The minimum Gasteiger partial charge on any atom is -0.481 e. The fourth-order valence-electron chi connectivity index (χ4n) is 2.19. The standard InChI is InChI=1S/C12H11F3O3/c13-9-6-7(18-11(14)15)2-3-8(9)12(10(16)17)4-1-5-12/h2-3,6,11H,1,4-5H2,(H,16,17). The van der Waals surface area contributed by atoms with Gasteiger partial charge in [0.15, 0.2) is 0 Å². The van der Waals surface area contributed by atoms with Crippen molar-refractivity contribution < 1.29 is 27.8 Å². The molecule has 0 aliphatic heterocycles. The summed E-state index contributed by atoms with van der Waals surface area (Å²) in [5, 5.41) is 9.16. The van der Waals surface area contributed by atoms with E-state index in [9.17, 15) is 18.0 Å². The van der Waals surface area contributed by atoms with Gasteiger partial charge in [-0.1, -0.05) is 12.5 Å². The SMILES string of the molecule is O=C(O)C1(c2ccc(OC(F)F)cc2F)CCC1. The maximum Gasteiger partial charge on any atom is 0.387 e. The van der Waals surface area contributed by atoms with Gasteiger partial charge in [0.25, 0.3) is 0 Å². The summed E-state index contributed by atoms with van der Waals surface area (Å²) in [6, 6.07) is 3.17. The molecule has 1 aliphatic rings. The number of carboxylic acid groups (broad SMARTS) is 1. The molecule has 0 radical (unpaired) electrons. The van der Waals surface area contributed by atoms with Crippen LogP contribution in [0.3, 0.4) is 0 Å². The number of hydrogen-bond donors (Lipinski definition) is 1. The molecule has 0 bridgehead atoms. The second-order valence-electron chi connectivity index (χ2n) is 4.26. The number of hydrogen-bond acceptors (Lipinski definition) is 2. The number of benzene rings is 1. The predicted molar refractivity (Wildman–Crippen MR) is 56.2 cm³/mol. The van der Waals surface area contributed by atoms with Crippen molar-refractivity contribution in [1.29, 1.82) is 0 Å². The Morgan fingerprint density at radius 2 is 2.06 bits per heavy atom. The predicted octanol–water partition coefficient (Wildman–Crippen LogP) is 2.93. The molecule has 1 aromatic rings. The Bertz CT molecular complexity index is 470. The molecule has 3 nitrogen and oxygen atoms in total. The zero-order valence-corrected chi connectivity index (χ0v) is 9.33. The van der Waals surface area contributed by atoms with E-state index >= 15 is 0 Å². The third-order valence-electron chi connectivity index (χ3n) is 3.30. The van der Waals surface area contributed by atoms with Gasteiger partial charge in [0.05, 0.1) is 5.41 Å². The topological polar surface area (TPSA) is 46.5 Å². The third-order valence-corrected chi connectivity index (χ3v) is 3.30. The van der Waals surface area contributed by atoms with Crippen molar-refractivity contribution >= 4 is 5.97 Å².